The third-order valence-electron chi connectivity index (χ3n) is 3.66. The van der Waals surface area contributed by atoms with Crippen LogP contribution in [0.4, 0.5) is 14.5 Å². The maximum absolute atomic E-state index is 14.9. The van der Waals surface area contributed by atoms with E-state index in [-0.39, 0.29) is 33.4 Å². The van der Waals surface area contributed by atoms with Crippen molar-refractivity contribution in [2.24, 2.45) is 0 Å². The summed E-state index contributed by atoms with van der Waals surface area (Å²) in [5.74, 6) is -1.98. The average Bonchev–Trinajstić information content (AvgIpc) is 2.95. The van der Waals surface area contributed by atoms with E-state index >= 15 is 0 Å². The highest BCUT2D eigenvalue weighted by Gasteiger charge is 2.21. The molecule has 1 aromatic carbocycles. The number of anilines is 1. The number of halogens is 3. The Morgan fingerprint density at radius 3 is 2.61 bits per heavy atom. The number of aryl methyl sites for hydroxylation is 1. The van der Waals surface area contributed by atoms with Crippen LogP contribution in [0.25, 0.3) is 22.2 Å². The maximum atomic E-state index is 14.9. The lowest BCUT2D eigenvalue weighted by Gasteiger charge is -2.11. The number of aromatic nitrogens is 2. The van der Waals surface area contributed by atoms with Gasteiger partial charge in [-0.25, -0.2) is 13.8 Å². The Hall–Kier alpha value is -2.47. The quantitative estimate of drug-likeness (QED) is 0.725. The van der Waals surface area contributed by atoms with Gasteiger partial charge in [-0.1, -0.05) is 17.7 Å². The smallest absolute Gasteiger partial charge is 0.228 e. The van der Waals surface area contributed by atoms with Crippen molar-refractivity contribution < 1.29 is 13.6 Å². The molecule has 0 spiro atoms. The van der Waals surface area contributed by atoms with Gasteiger partial charge in [0.25, 0.3) is 0 Å². The van der Waals surface area contributed by atoms with E-state index in [1.165, 1.54) is 19.2 Å². The molecule has 2 N–H and O–H groups in total. The second-order valence-electron chi connectivity index (χ2n) is 5.16. The summed E-state index contributed by atoms with van der Waals surface area (Å²) in [4.78, 5) is 15.6. The molecule has 2 aromatic heterocycles. The van der Waals surface area contributed by atoms with Gasteiger partial charge in [0.2, 0.25) is 5.91 Å². The monoisotopic (exact) mass is 335 g/mol. The number of rotatable bonds is 1. The van der Waals surface area contributed by atoms with Crippen molar-refractivity contribution in [1.29, 1.82) is 0 Å². The van der Waals surface area contributed by atoms with Gasteiger partial charge >= 0.3 is 0 Å². The first-order valence-corrected chi connectivity index (χ1v) is 7.12. The molecular formula is C16H12ClF2N3O. The summed E-state index contributed by atoms with van der Waals surface area (Å²) in [6.45, 7) is 2.87. The molecule has 0 radical (unpaired) electrons. The Morgan fingerprint density at radius 2 is 1.96 bits per heavy atom. The predicted octanol–water partition coefficient (Wildman–Crippen LogP) is 4.19. The van der Waals surface area contributed by atoms with Crippen LogP contribution in [0.1, 0.15) is 17.4 Å². The second-order valence-corrected chi connectivity index (χ2v) is 5.54. The summed E-state index contributed by atoms with van der Waals surface area (Å²) in [5, 5.41) is 0.528. The predicted molar refractivity (Wildman–Crippen MR) is 85.5 cm³/mol. The molecule has 0 fully saturated rings. The number of nitrogens with zero attached hydrogens (tertiary/aromatic N) is 2. The number of carbonyl (C=O) groups excluding carboxylic acids is 1. The topological polar surface area (TPSA) is 60.9 Å². The van der Waals surface area contributed by atoms with Gasteiger partial charge in [-0.3, -0.25) is 9.36 Å². The highest BCUT2D eigenvalue weighted by molar-refractivity contribution is 6.33. The average molecular weight is 336 g/mol. The lowest BCUT2D eigenvalue weighted by Crippen LogP contribution is -2.06. The molecule has 4 nitrogen and oxygen atoms in total. The molecule has 2 heterocycles. The van der Waals surface area contributed by atoms with Crippen LogP contribution in [0, 0.1) is 18.6 Å². The van der Waals surface area contributed by atoms with Crippen molar-refractivity contribution >= 4 is 34.1 Å². The summed E-state index contributed by atoms with van der Waals surface area (Å²) in [6, 6.07) is 4.60. The van der Waals surface area contributed by atoms with Gasteiger partial charge in [-0.05, 0) is 19.1 Å². The van der Waals surface area contributed by atoms with Crippen LogP contribution in [0.2, 0.25) is 5.02 Å². The normalized spacial score (nSPS) is 11.2. The Balaban J connectivity index is 2.36. The number of hydrogen-bond acceptors (Lipinski definition) is 3. The van der Waals surface area contributed by atoms with Gasteiger partial charge in [0.15, 0.2) is 11.6 Å². The number of hydrogen-bond donors (Lipinski definition) is 1. The molecule has 3 aromatic rings. The zero-order valence-corrected chi connectivity index (χ0v) is 13.1. The van der Waals surface area contributed by atoms with Crippen LogP contribution in [-0.2, 0) is 0 Å². The summed E-state index contributed by atoms with van der Waals surface area (Å²) in [5.41, 5.74) is 5.38. The molecule has 0 aliphatic carbocycles. The van der Waals surface area contributed by atoms with E-state index in [4.69, 9.17) is 17.3 Å². The van der Waals surface area contributed by atoms with Crippen LogP contribution in [0.5, 0.6) is 0 Å². The molecule has 0 aliphatic rings. The van der Waals surface area contributed by atoms with Crippen LogP contribution in [-0.4, -0.2) is 15.5 Å². The minimum atomic E-state index is -0.889. The fourth-order valence-electron chi connectivity index (χ4n) is 2.50. The van der Waals surface area contributed by atoms with Crippen molar-refractivity contribution in [3.8, 4) is 11.3 Å². The van der Waals surface area contributed by atoms with Crippen molar-refractivity contribution in [3.05, 3.63) is 46.7 Å². The minimum absolute atomic E-state index is 0.000141. The van der Waals surface area contributed by atoms with Gasteiger partial charge < -0.3 is 5.73 Å². The largest absolute Gasteiger partial charge is 0.395 e. The molecule has 118 valence electrons. The van der Waals surface area contributed by atoms with Gasteiger partial charge in [0, 0.05) is 24.1 Å². The molecule has 0 saturated heterocycles. The lowest BCUT2D eigenvalue weighted by molar-refractivity contribution is 0.0941. The van der Waals surface area contributed by atoms with Crippen molar-refractivity contribution in [2.45, 2.75) is 13.8 Å². The van der Waals surface area contributed by atoms with Gasteiger partial charge in [0.1, 0.15) is 5.69 Å². The molecule has 0 saturated carbocycles. The second kappa shape index (κ2) is 5.31. The highest BCUT2D eigenvalue weighted by Crippen LogP contribution is 2.35. The van der Waals surface area contributed by atoms with E-state index in [1.807, 2.05) is 0 Å². The molecule has 0 amide bonds. The van der Waals surface area contributed by atoms with Crippen molar-refractivity contribution in [3.63, 3.8) is 0 Å². The van der Waals surface area contributed by atoms with Crippen LogP contribution in [0.15, 0.2) is 24.4 Å². The summed E-state index contributed by atoms with van der Waals surface area (Å²) in [6.07, 6.45) is 1.46. The van der Waals surface area contributed by atoms with Gasteiger partial charge in [0.05, 0.1) is 21.9 Å². The number of benzene rings is 1. The Kier molecular flexibility index (Phi) is 3.56. The van der Waals surface area contributed by atoms with E-state index in [0.29, 0.717) is 11.1 Å². The fourth-order valence-corrected chi connectivity index (χ4v) is 2.62. The molecular weight excluding hydrogens is 324 g/mol. The highest BCUT2D eigenvalue weighted by atomic mass is 35.5. The lowest BCUT2D eigenvalue weighted by atomic mass is 10.1. The summed E-state index contributed by atoms with van der Waals surface area (Å²) < 4.78 is 30.4. The number of nitrogens with two attached hydrogens (primary N) is 1. The number of pyridine rings is 1. The van der Waals surface area contributed by atoms with E-state index in [0.717, 1.165) is 4.57 Å². The first-order valence-electron chi connectivity index (χ1n) is 6.75. The molecule has 0 aliphatic heterocycles. The van der Waals surface area contributed by atoms with E-state index in [9.17, 15) is 13.6 Å². The molecule has 0 bridgehead atoms. The Bertz CT molecular complexity index is 966. The molecule has 0 atom stereocenters. The van der Waals surface area contributed by atoms with Gasteiger partial charge in [-0.15, -0.1) is 0 Å². The fraction of sp³-hybridized carbons (Fsp3) is 0.125. The van der Waals surface area contributed by atoms with Gasteiger partial charge in [-0.2, -0.15) is 0 Å². The number of nitrogen functional groups attached to an aromatic ring is 1. The molecule has 7 heteroatoms. The summed E-state index contributed by atoms with van der Waals surface area (Å²) >= 11 is 5.86. The third-order valence-corrected chi connectivity index (χ3v) is 4.14. The SMILES string of the molecule is CC(=O)n1ccc2ccc(-c3nc(C)c(Cl)c(N)c3F)c(F)c21. The van der Waals surface area contributed by atoms with Crippen LogP contribution < -0.4 is 5.73 Å². The minimum Gasteiger partial charge on any atom is -0.395 e. The van der Waals surface area contributed by atoms with E-state index in [1.54, 1.807) is 19.1 Å². The molecule has 3 rings (SSSR count). The standard InChI is InChI=1S/C16H12ClF2N3O/c1-7-11(17)14(20)13(19)15(21-7)10-4-3-9-5-6-22(8(2)23)16(9)12(10)18/h3-6H,1-2H3,(H2,20,21). The third kappa shape index (κ3) is 2.26. The number of carbonyl (C=O) groups is 1. The first kappa shape index (κ1) is 15.4. The van der Waals surface area contributed by atoms with Crippen molar-refractivity contribution in [2.75, 3.05) is 5.73 Å². The zero-order valence-electron chi connectivity index (χ0n) is 12.3. The van der Waals surface area contributed by atoms with Crippen LogP contribution in [0.3, 0.4) is 0 Å². The maximum Gasteiger partial charge on any atom is 0.228 e. The number of fused-ring (bicyclic) bond motifs is 1. The van der Waals surface area contributed by atoms with Crippen LogP contribution >= 0.6 is 11.6 Å². The molecule has 23 heavy (non-hydrogen) atoms. The van der Waals surface area contributed by atoms with Crippen molar-refractivity contribution in [1.82, 2.24) is 9.55 Å². The molecule has 0 unspecified atom stereocenters. The van der Waals surface area contributed by atoms with E-state index in [2.05, 4.69) is 4.98 Å². The first-order chi connectivity index (χ1) is 10.8. The Morgan fingerprint density at radius 1 is 1.26 bits per heavy atom. The van der Waals surface area contributed by atoms with E-state index < -0.39 is 11.6 Å². The Labute approximate surface area is 135 Å². The summed E-state index contributed by atoms with van der Waals surface area (Å²) in [7, 11) is 0. The zero-order chi connectivity index (χ0) is 16.9.